The topological polar surface area (TPSA) is 109 Å². The molecular weight excluding hydrogens is 1140 g/mol. The van der Waals surface area contributed by atoms with E-state index in [1.807, 2.05) is 140 Å². The van der Waals surface area contributed by atoms with E-state index in [1.165, 1.54) is 44.1 Å². The predicted molar refractivity (Wildman–Crippen MR) is 377 cm³/mol. The maximum Gasteiger partial charge on any atom is 0.164 e. The average Bonchev–Trinajstić information content (AvgIpc) is 1.62. The summed E-state index contributed by atoms with van der Waals surface area (Å²) < 4.78 is 15.2. The van der Waals surface area contributed by atoms with E-state index in [1.54, 1.807) is 0 Å². The van der Waals surface area contributed by atoms with Gasteiger partial charge in [0.15, 0.2) is 34.9 Å². The molecule has 0 atom stereocenters. The second kappa shape index (κ2) is 23.3. The second-order valence-electron chi connectivity index (χ2n) is 22.9. The first-order valence-corrected chi connectivity index (χ1v) is 31.0. The van der Waals surface area contributed by atoms with E-state index >= 15 is 0 Å². The first kappa shape index (κ1) is 54.4. The van der Waals surface area contributed by atoms with Crippen LogP contribution < -0.4 is 0 Å². The van der Waals surface area contributed by atoms with Crippen molar-refractivity contribution in [3.05, 3.63) is 322 Å². The lowest BCUT2D eigenvalue weighted by Crippen LogP contribution is -2.00. The Balaban J connectivity index is 0.000000144. The summed E-state index contributed by atoms with van der Waals surface area (Å²) in [6.07, 6.45) is 0. The number of aromatic nitrogens is 7. The first-order chi connectivity index (χ1) is 46.1. The zero-order chi connectivity index (χ0) is 61.6. The maximum absolute atomic E-state index is 6.48. The lowest BCUT2D eigenvalue weighted by atomic mass is 9.94. The Morgan fingerprint density at radius 3 is 1.01 bits per heavy atom. The van der Waals surface area contributed by atoms with Gasteiger partial charge >= 0.3 is 0 Å². The fourth-order valence-electron chi connectivity index (χ4n) is 12.8. The van der Waals surface area contributed by atoms with Gasteiger partial charge in [-0.3, -0.25) is 0 Å². The molecule has 0 amide bonds. The van der Waals surface area contributed by atoms with Crippen LogP contribution in [-0.2, 0) is 0 Å². The molecule has 0 aliphatic rings. The average molecular weight is 1190 g/mol. The summed E-state index contributed by atoms with van der Waals surface area (Å²) in [5, 5.41) is 6.71. The summed E-state index contributed by atoms with van der Waals surface area (Å²) in [5.74, 6) is 3.74. The van der Waals surface area contributed by atoms with Crippen molar-refractivity contribution in [2.24, 2.45) is 0 Å². The number of rotatable bonds is 10. The molecule has 5 aromatic heterocycles. The Labute approximate surface area is 534 Å². The van der Waals surface area contributed by atoms with Gasteiger partial charge in [0.1, 0.15) is 22.3 Å². The van der Waals surface area contributed by atoms with Gasteiger partial charge in [-0.1, -0.05) is 249 Å². The van der Waals surface area contributed by atoms with E-state index in [0.717, 1.165) is 94.1 Å². The normalized spacial score (nSPS) is 11.4. The molecule has 0 radical (unpaired) electrons. The van der Waals surface area contributed by atoms with Crippen LogP contribution in [0.15, 0.2) is 330 Å². The van der Waals surface area contributed by atoms with Gasteiger partial charge in [-0.15, -0.1) is 0 Å². The third-order valence-corrected chi connectivity index (χ3v) is 17.2. The Hall–Kier alpha value is -12.7. The van der Waals surface area contributed by atoms with Gasteiger partial charge in [-0.05, 0) is 106 Å². The molecule has 436 valence electrons. The molecule has 9 nitrogen and oxygen atoms in total. The van der Waals surface area contributed by atoms with Gasteiger partial charge in [-0.25, -0.2) is 29.9 Å². The smallest absolute Gasteiger partial charge is 0.164 e. The van der Waals surface area contributed by atoms with Crippen LogP contribution in [0.5, 0.6) is 0 Å². The van der Waals surface area contributed by atoms with Crippen molar-refractivity contribution in [3.8, 4) is 107 Å². The number of para-hydroxylation sites is 2. The summed E-state index contributed by atoms with van der Waals surface area (Å²) in [6.45, 7) is 0. The zero-order valence-electron chi connectivity index (χ0n) is 50.0. The molecule has 0 fully saturated rings. The SMILES string of the molecule is c1ccc(-c2nc(-c3ccccc3)nc(-c3ccc4c(c3)oc3ccc(-c5cccc6c5c5ccccc5n6-c5ccccc5)cc34)n2)cc1.c1ccc(-c2nc(-c3ccccc3)nc(-c3ccc4c(c3)oc3ccc(-c5ccccc5-c5ccccc5)cc34)n2)cc1. The Morgan fingerprint density at radius 1 is 0.204 bits per heavy atom. The summed E-state index contributed by atoms with van der Waals surface area (Å²) in [6, 6.07) is 110. The molecule has 0 aliphatic carbocycles. The molecule has 13 aromatic carbocycles. The summed E-state index contributed by atoms with van der Waals surface area (Å²) >= 11 is 0. The quantitative estimate of drug-likeness (QED) is 0.133. The molecule has 0 saturated heterocycles. The molecule has 0 N–H and O–H groups in total. The zero-order valence-corrected chi connectivity index (χ0v) is 50.0. The number of furan rings is 2. The highest BCUT2D eigenvalue weighted by atomic mass is 16.3. The fraction of sp³-hybridized carbons (Fsp3) is 0. The monoisotopic (exact) mass is 1190 g/mol. The lowest BCUT2D eigenvalue weighted by molar-refractivity contribution is 0.668. The maximum atomic E-state index is 6.48. The fourth-order valence-corrected chi connectivity index (χ4v) is 12.8. The van der Waals surface area contributed by atoms with Crippen LogP contribution >= 0.6 is 0 Å². The highest BCUT2D eigenvalue weighted by molar-refractivity contribution is 6.17. The summed E-state index contributed by atoms with van der Waals surface area (Å²) in [4.78, 5) is 29.3. The number of fused-ring (bicyclic) bond motifs is 9. The van der Waals surface area contributed by atoms with E-state index < -0.39 is 0 Å². The molecule has 0 unspecified atom stereocenters. The Kier molecular flexibility index (Phi) is 13.7. The molecule has 0 aliphatic heterocycles. The highest BCUT2D eigenvalue weighted by Crippen LogP contribution is 2.42. The van der Waals surface area contributed by atoms with E-state index in [0.29, 0.717) is 34.9 Å². The number of hydrogen-bond acceptors (Lipinski definition) is 8. The minimum Gasteiger partial charge on any atom is -0.456 e. The van der Waals surface area contributed by atoms with Crippen molar-refractivity contribution >= 4 is 65.7 Å². The molecular formula is C84H53N7O2. The van der Waals surface area contributed by atoms with Crippen molar-refractivity contribution in [1.29, 1.82) is 0 Å². The highest BCUT2D eigenvalue weighted by Gasteiger charge is 2.21. The molecule has 0 spiro atoms. The standard InChI is InChI=1S/C45H28N4O.C39H25N3O/c1-4-13-29(14-5-1)43-46-44(30-15-6-2-7-16-30)48-45(47-43)32-23-25-35-37-27-31(24-26-40(37)50-41(35)28-32)34-20-12-22-39-42(34)36-19-10-11-21-38(36)49(39)33-17-8-3-9-18-33;1-4-12-26(13-5-1)31-18-10-11-19-32(31)29-21-23-35-34(24-29)33-22-20-30(25-36(33)43-35)39-41-37(27-14-6-2-7-15-27)40-38(42-39)28-16-8-3-9-17-28/h1-28H;1-25H. The molecule has 0 saturated carbocycles. The third kappa shape index (κ3) is 10.2. The van der Waals surface area contributed by atoms with E-state index in [9.17, 15) is 0 Å². The minimum absolute atomic E-state index is 0.599. The van der Waals surface area contributed by atoms with Crippen molar-refractivity contribution in [2.75, 3.05) is 0 Å². The molecule has 0 bridgehead atoms. The van der Waals surface area contributed by atoms with Crippen LogP contribution in [0.2, 0.25) is 0 Å². The molecule has 5 heterocycles. The number of hydrogen-bond donors (Lipinski definition) is 0. The van der Waals surface area contributed by atoms with Crippen LogP contribution in [0, 0.1) is 0 Å². The third-order valence-electron chi connectivity index (χ3n) is 17.2. The van der Waals surface area contributed by atoms with Crippen molar-refractivity contribution in [1.82, 2.24) is 34.5 Å². The van der Waals surface area contributed by atoms with Crippen molar-refractivity contribution in [3.63, 3.8) is 0 Å². The predicted octanol–water partition coefficient (Wildman–Crippen LogP) is 21.6. The summed E-state index contributed by atoms with van der Waals surface area (Å²) in [5.41, 5.74) is 19.3. The Bertz CT molecular complexity index is 5680. The van der Waals surface area contributed by atoms with Crippen molar-refractivity contribution < 1.29 is 8.83 Å². The van der Waals surface area contributed by atoms with Gasteiger partial charge < -0.3 is 13.4 Å². The minimum atomic E-state index is 0.599. The van der Waals surface area contributed by atoms with Crippen molar-refractivity contribution in [2.45, 2.75) is 0 Å². The van der Waals surface area contributed by atoms with Crippen LogP contribution in [0.25, 0.3) is 173 Å². The summed E-state index contributed by atoms with van der Waals surface area (Å²) in [7, 11) is 0. The van der Waals surface area contributed by atoms with Gasteiger partial charge in [0.05, 0.1) is 11.0 Å². The van der Waals surface area contributed by atoms with E-state index in [2.05, 4.69) is 187 Å². The first-order valence-electron chi connectivity index (χ1n) is 31.0. The van der Waals surface area contributed by atoms with Crippen LogP contribution in [0.1, 0.15) is 0 Å². The largest absolute Gasteiger partial charge is 0.456 e. The lowest BCUT2D eigenvalue weighted by Gasteiger charge is -2.10. The van der Waals surface area contributed by atoms with Crippen LogP contribution in [0.3, 0.4) is 0 Å². The molecule has 18 aromatic rings. The van der Waals surface area contributed by atoms with E-state index in [-0.39, 0.29) is 0 Å². The second-order valence-corrected chi connectivity index (χ2v) is 22.9. The van der Waals surface area contributed by atoms with Gasteiger partial charge in [0, 0.05) is 71.4 Å². The van der Waals surface area contributed by atoms with Gasteiger partial charge in [0.2, 0.25) is 0 Å². The van der Waals surface area contributed by atoms with E-state index in [4.69, 9.17) is 38.7 Å². The Morgan fingerprint density at radius 2 is 0.548 bits per heavy atom. The molecule has 93 heavy (non-hydrogen) atoms. The van der Waals surface area contributed by atoms with Crippen LogP contribution in [0.4, 0.5) is 0 Å². The number of benzene rings is 13. The van der Waals surface area contributed by atoms with Gasteiger partial charge in [-0.2, -0.15) is 0 Å². The molecule has 9 heteroatoms. The van der Waals surface area contributed by atoms with Gasteiger partial charge in [0.25, 0.3) is 0 Å². The molecule has 18 rings (SSSR count). The number of nitrogens with zero attached hydrogens (tertiary/aromatic N) is 7. The van der Waals surface area contributed by atoms with Crippen LogP contribution in [-0.4, -0.2) is 34.5 Å².